The molecule has 0 aromatic carbocycles. The van der Waals surface area contributed by atoms with E-state index < -0.39 is 21.7 Å². The lowest BCUT2D eigenvalue weighted by atomic mass is 10.1. The van der Waals surface area contributed by atoms with Gasteiger partial charge in [-0.05, 0) is 62.2 Å². The lowest BCUT2D eigenvalue weighted by Crippen LogP contribution is -2.45. The van der Waals surface area contributed by atoms with Crippen molar-refractivity contribution in [3.05, 3.63) is 71.8 Å². The molecule has 1 fully saturated rings. The minimum absolute atomic E-state index is 0.0383. The van der Waals surface area contributed by atoms with Crippen molar-refractivity contribution in [3.8, 4) is 11.4 Å². The summed E-state index contributed by atoms with van der Waals surface area (Å²) in [4.78, 5) is 33.2. The van der Waals surface area contributed by atoms with Crippen LogP contribution in [0.15, 0.2) is 54.9 Å². The Morgan fingerprint density at radius 2 is 1.81 bits per heavy atom. The highest BCUT2D eigenvalue weighted by atomic mass is 32.2. The number of hydrogen-bond donors (Lipinski definition) is 1. The molecule has 0 bridgehead atoms. The summed E-state index contributed by atoms with van der Waals surface area (Å²) in [6.45, 7) is 5.51. The van der Waals surface area contributed by atoms with Gasteiger partial charge in [0.05, 0.1) is 47.0 Å². The van der Waals surface area contributed by atoms with Crippen LogP contribution in [0, 0.1) is 0 Å². The number of halogens is 2. The van der Waals surface area contributed by atoms with Crippen LogP contribution in [0.5, 0.6) is 0 Å². The molecular weight excluding hydrogens is 580 g/mol. The van der Waals surface area contributed by atoms with E-state index in [0.29, 0.717) is 26.8 Å². The molecule has 2 atom stereocenters. The fraction of sp³-hybridized carbons (Fsp3) is 0.345. The molecule has 0 aliphatic carbocycles. The molecule has 43 heavy (non-hydrogen) atoms. The fourth-order valence-electron chi connectivity index (χ4n) is 5.39. The lowest BCUT2D eigenvalue weighted by molar-refractivity contribution is -0.00545. The van der Waals surface area contributed by atoms with Crippen molar-refractivity contribution in [3.63, 3.8) is 0 Å². The normalized spacial score (nSPS) is 18.7. The van der Waals surface area contributed by atoms with Crippen LogP contribution >= 0.6 is 0 Å². The van der Waals surface area contributed by atoms with Crippen LogP contribution < -0.4 is 14.5 Å². The van der Waals surface area contributed by atoms with Gasteiger partial charge in [-0.3, -0.25) is 19.1 Å². The van der Waals surface area contributed by atoms with Crippen molar-refractivity contribution in [2.45, 2.75) is 44.8 Å². The highest BCUT2D eigenvalue weighted by molar-refractivity contribution is 7.93. The van der Waals surface area contributed by atoms with Crippen molar-refractivity contribution >= 4 is 38.3 Å². The predicted octanol–water partition coefficient (Wildman–Crippen LogP) is 3.55. The number of carbonyl (C=O) groups excluding carboxylic acids is 1. The van der Waals surface area contributed by atoms with Crippen LogP contribution in [0.2, 0.25) is 0 Å². The number of anilines is 2. The van der Waals surface area contributed by atoms with Gasteiger partial charge in [-0.2, -0.15) is 8.78 Å². The third-order valence-corrected chi connectivity index (χ3v) is 8.82. The summed E-state index contributed by atoms with van der Waals surface area (Å²) in [6, 6.07) is 12.6. The van der Waals surface area contributed by atoms with Crippen LogP contribution in [0.4, 0.5) is 20.3 Å². The summed E-state index contributed by atoms with van der Waals surface area (Å²) in [7, 11) is -4.83. The topological polar surface area (TPSA) is 131 Å². The summed E-state index contributed by atoms with van der Waals surface area (Å²) in [5.41, 5.74) is 3.04. The molecule has 1 N–H and O–H groups in total. The van der Waals surface area contributed by atoms with Gasteiger partial charge >= 0.3 is 5.76 Å². The number of pyridine rings is 4. The van der Waals surface area contributed by atoms with Crippen molar-refractivity contribution < 1.29 is 26.7 Å². The molecule has 2 aliphatic rings. The van der Waals surface area contributed by atoms with Crippen molar-refractivity contribution in [1.29, 1.82) is 0 Å². The number of aromatic nitrogens is 4. The number of alkyl halides is 2. The molecule has 6 rings (SSSR count). The van der Waals surface area contributed by atoms with E-state index >= 15 is 0 Å². The van der Waals surface area contributed by atoms with Gasteiger partial charge in [-0.25, -0.2) is 18.4 Å². The largest absolute Gasteiger partial charge is 0.372 e. The molecule has 4 aromatic rings. The molecule has 4 aromatic heterocycles. The quantitative estimate of drug-likeness (QED) is 0.334. The number of nitrogens with one attached hydrogen (secondary N) is 1. The number of nitrogens with zero attached hydrogens (tertiary/aromatic N) is 6. The molecule has 11 nitrogen and oxygen atoms in total. The number of fused-ring (bicyclic) bond motifs is 2. The minimum atomic E-state index is -4.83. The summed E-state index contributed by atoms with van der Waals surface area (Å²) >= 11 is 0. The molecule has 0 spiro atoms. The SMILES string of the molecule is C[C@@H]1CN(c2cccc(-c3ccc4cnc(CNC(=O)c5cc6c(cn5)CCN6S(=O)(=O)C(F)F)cc4n3)n2)C[C@H](C)O1. The van der Waals surface area contributed by atoms with Crippen molar-refractivity contribution in [2.24, 2.45) is 0 Å². The summed E-state index contributed by atoms with van der Waals surface area (Å²) in [5.74, 6) is -3.30. The Balaban J connectivity index is 1.18. The molecule has 0 unspecified atom stereocenters. The van der Waals surface area contributed by atoms with Gasteiger partial charge in [-0.1, -0.05) is 6.07 Å². The van der Waals surface area contributed by atoms with E-state index in [0.717, 1.165) is 30.0 Å². The molecular formula is C29H29F2N7O4S. The van der Waals surface area contributed by atoms with Gasteiger partial charge in [0.2, 0.25) is 0 Å². The Kier molecular flexibility index (Phi) is 7.65. The maximum Gasteiger partial charge on any atom is 0.355 e. The summed E-state index contributed by atoms with van der Waals surface area (Å²) in [5, 5.41) is 3.52. The van der Waals surface area contributed by atoms with Gasteiger partial charge in [-0.15, -0.1) is 0 Å². The molecule has 0 saturated carbocycles. The Labute approximate surface area is 247 Å². The minimum Gasteiger partial charge on any atom is -0.372 e. The van der Waals surface area contributed by atoms with E-state index in [2.05, 4.69) is 20.2 Å². The number of amides is 1. The van der Waals surface area contributed by atoms with Crippen LogP contribution in [0.1, 0.15) is 35.6 Å². The zero-order valence-electron chi connectivity index (χ0n) is 23.4. The van der Waals surface area contributed by atoms with E-state index in [4.69, 9.17) is 14.7 Å². The molecule has 0 radical (unpaired) electrons. The third-order valence-electron chi connectivity index (χ3n) is 7.38. The fourth-order valence-corrected chi connectivity index (χ4v) is 6.37. The number of ether oxygens (including phenoxy) is 1. The van der Waals surface area contributed by atoms with Crippen LogP contribution in [0.25, 0.3) is 22.3 Å². The predicted molar refractivity (Wildman–Crippen MR) is 156 cm³/mol. The van der Waals surface area contributed by atoms with E-state index in [-0.39, 0.29) is 43.1 Å². The summed E-state index contributed by atoms with van der Waals surface area (Å²) < 4.78 is 56.8. The molecule has 1 saturated heterocycles. The smallest absolute Gasteiger partial charge is 0.355 e. The number of carbonyl (C=O) groups is 1. The van der Waals surface area contributed by atoms with E-state index in [1.807, 2.05) is 44.2 Å². The lowest BCUT2D eigenvalue weighted by Gasteiger charge is -2.36. The van der Waals surface area contributed by atoms with Crippen LogP contribution in [-0.2, 0) is 27.7 Å². The van der Waals surface area contributed by atoms with Gasteiger partial charge in [0.1, 0.15) is 11.5 Å². The first-order valence-corrected chi connectivity index (χ1v) is 15.3. The second-order valence-electron chi connectivity index (χ2n) is 10.6. The van der Waals surface area contributed by atoms with Gasteiger partial charge in [0, 0.05) is 37.4 Å². The number of sulfonamides is 1. The van der Waals surface area contributed by atoms with Gasteiger partial charge in [0.25, 0.3) is 15.9 Å². The van der Waals surface area contributed by atoms with Gasteiger partial charge < -0.3 is 15.0 Å². The Hall–Kier alpha value is -4.30. The van der Waals surface area contributed by atoms with Gasteiger partial charge in [0.15, 0.2) is 0 Å². The number of hydrogen-bond acceptors (Lipinski definition) is 9. The maximum absolute atomic E-state index is 13.1. The molecule has 224 valence electrons. The number of rotatable bonds is 7. The van der Waals surface area contributed by atoms with E-state index in [1.54, 1.807) is 12.3 Å². The Morgan fingerprint density at radius 3 is 2.58 bits per heavy atom. The van der Waals surface area contributed by atoms with Crippen molar-refractivity contribution in [2.75, 3.05) is 28.8 Å². The van der Waals surface area contributed by atoms with E-state index in [9.17, 15) is 22.0 Å². The molecule has 6 heterocycles. The molecule has 14 heteroatoms. The van der Waals surface area contributed by atoms with Crippen molar-refractivity contribution in [1.82, 2.24) is 25.3 Å². The highest BCUT2D eigenvalue weighted by Crippen LogP contribution is 2.32. The van der Waals surface area contributed by atoms with Crippen LogP contribution in [-0.4, -0.2) is 71.9 Å². The zero-order valence-corrected chi connectivity index (χ0v) is 24.3. The first-order chi connectivity index (χ1) is 20.6. The second-order valence-corrected chi connectivity index (χ2v) is 12.4. The average molecular weight is 610 g/mol. The average Bonchev–Trinajstić information content (AvgIpc) is 3.43. The molecule has 1 amide bonds. The summed E-state index contributed by atoms with van der Waals surface area (Å²) in [6.07, 6.45) is 3.45. The first kappa shape index (κ1) is 28.8. The number of morpholine rings is 1. The third kappa shape index (κ3) is 5.84. The second kappa shape index (κ2) is 11.4. The Bertz CT molecular complexity index is 1800. The van der Waals surface area contributed by atoms with E-state index in [1.165, 1.54) is 12.3 Å². The van der Waals surface area contributed by atoms with Crippen LogP contribution in [0.3, 0.4) is 0 Å². The standard InChI is InChI=1S/C29H29F2N7O4S/c1-17-15-37(16-18(2)42-17)27-5-3-4-22(36-27)23-7-6-19-12-32-21(10-24(19)35-23)14-34-28(39)25-11-26-20(13-33-25)8-9-38(26)43(40,41)29(30)31/h3-7,10-13,17-18,29H,8-9,14-16H2,1-2H3,(H,34,39)/t17-,18+. The Morgan fingerprint density at radius 1 is 1.05 bits per heavy atom. The maximum atomic E-state index is 13.1. The zero-order chi connectivity index (χ0) is 30.3. The highest BCUT2D eigenvalue weighted by Gasteiger charge is 2.37. The monoisotopic (exact) mass is 609 g/mol. The first-order valence-electron chi connectivity index (χ1n) is 13.8. The molecule has 2 aliphatic heterocycles.